The molecule has 1 unspecified atom stereocenters. The molecule has 0 radical (unpaired) electrons. The summed E-state index contributed by atoms with van der Waals surface area (Å²) in [6, 6.07) is -0.852. The third-order valence-corrected chi connectivity index (χ3v) is 4.56. The van der Waals surface area contributed by atoms with E-state index >= 15 is 0 Å². The number of hydrogen-bond acceptors (Lipinski definition) is 4. The molecule has 1 saturated heterocycles. The van der Waals surface area contributed by atoms with E-state index in [1.165, 1.54) is 0 Å². The van der Waals surface area contributed by atoms with Crippen molar-refractivity contribution in [2.75, 3.05) is 13.1 Å². The molecule has 5 nitrogen and oxygen atoms in total. The summed E-state index contributed by atoms with van der Waals surface area (Å²) < 4.78 is 37.3. The lowest BCUT2D eigenvalue weighted by Gasteiger charge is -2.33. The van der Waals surface area contributed by atoms with Crippen LogP contribution in [-0.4, -0.2) is 47.0 Å². The fourth-order valence-electron chi connectivity index (χ4n) is 2.67. The smallest absolute Gasteiger partial charge is 0.344 e. The van der Waals surface area contributed by atoms with Gasteiger partial charge in [0.15, 0.2) is 0 Å². The summed E-state index contributed by atoms with van der Waals surface area (Å²) in [5.41, 5.74) is 0.926. The van der Waals surface area contributed by atoms with Crippen molar-refractivity contribution < 1.29 is 22.8 Å². The SMILES string of the molecule is Cc1nc(CCCC(=O)NC2CCCN(CC(F)(F)F)C2=O)cs1. The van der Waals surface area contributed by atoms with Crippen LogP contribution in [0.2, 0.25) is 0 Å². The first kappa shape index (κ1) is 18.7. The predicted octanol–water partition coefficient (Wildman–Crippen LogP) is 2.44. The third kappa shape index (κ3) is 5.77. The highest BCUT2D eigenvalue weighted by Gasteiger charge is 2.37. The first-order valence-corrected chi connectivity index (χ1v) is 8.68. The standard InChI is InChI=1S/C15H20F3N3O2S/c1-10-19-11(8-24-10)4-2-6-13(22)20-12-5-3-7-21(14(12)23)9-15(16,17)18/h8,12H,2-7,9H2,1H3,(H,20,22). The predicted molar refractivity (Wildman–Crippen MR) is 83.6 cm³/mol. The van der Waals surface area contributed by atoms with Crippen molar-refractivity contribution in [2.24, 2.45) is 0 Å². The zero-order chi connectivity index (χ0) is 17.7. The molecule has 1 aromatic heterocycles. The zero-order valence-corrected chi connectivity index (χ0v) is 14.2. The molecule has 2 heterocycles. The first-order valence-electron chi connectivity index (χ1n) is 7.80. The van der Waals surface area contributed by atoms with E-state index in [9.17, 15) is 22.8 Å². The zero-order valence-electron chi connectivity index (χ0n) is 13.4. The molecule has 2 rings (SSSR count). The highest BCUT2D eigenvalue weighted by Crippen LogP contribution is 2.20. The van der Waals surface area contributed by atoms with E-state index in [1.807, 2.05) is 12.3 Å². The molecule has 0 spiro atoms. The number of aryl methyl sites for hydroxylation is 2. The van der Waals surface area contributed by atoms with Crippen LogP contribution in [0, 0.1) is 6.92 Å². The number of carbonyl (C=O) groups excluding carboxylic acids is 2. The van der Waals surface area contributed by atoms with Crippen LogP contribution in [0.5, 0.6) is 0 Å². The van der Waals surface area contributed by atoms with Crippen molar-refractivity contribution in [2.45, 2.75) is 51.2 Å². The molecule has 1 aliphatic rings. The lowest BCUT2D eigenvalue weighted by Crippen LogP contribution is -2.54. The van der Waals surface area contributed by atoms with Crippen molar-refractivity contribution in [1.82, 2.24) is 15.2 Å². The number of halogens is 3. The second kappa shape index (κ2) is 7.96. The van der Waals surface area contributed by atoms with E-state index in [-0.39, 0.29) is 18.9 Å². The largest absolute Gasteiger partial charge is 0.406 e. The van der Waals surface area contributed by atoms with Crippen LogP contribution in [0.1, 0.15) is 36.4 Å². The number of likely N-dealkylation sites (tertiary alicyclic amines) is 1. The Bertz CT molecular complexity index is 589. The van der Waals surface area contributed by atoms with Crippen LogP contribution in [0.4, 0.5) is 13.2 Å². The second-order valence-electron chi connectivity index (χ2n) is 5.85. The summed E-state index contributed by atoms with van der Waals surface area (Å²) in [6.45, 7) is 0.720. The van der Waals surface area contributed by atoms with E-state index < -0.39 is 24.7 Å². The lowest BCUT2D eigenvalue weighted by atomic mass is 10.0. The monoisotopic (exact) mass is 363 g/mol. The van der Waals surface area contributed by atoms with E-state index in [4.69, 9.17) is 0 Å². The number of alkyl halides is 3. The number of rotatable bonds is 6. The van der Waals surface area contributed by atoms with Gasteiger partial charge < -0.3 is 10.2 Å². The molecule has 1 aromatic rings. The molecule has 0 bridgehead atoms. The normalized spacial score (nSPS) is 18.8. The van der Waals surface area contributed by atoms with Gasteiger partial charge in [0.05, 0.1) is 10.7 Å². The number of amides is 2. The second-order valence-corrected chi connectivity index (χ2v) is 6.91. The maximum atomic E-state index is 12.4. The van der Waals surface area contributed by atoms with Crippen LogP contribution >= 0.6 is 11.3 Å². The van der Waals surface area contributed by atoms with Gasteiger partial charge in [-0.25, -0.2) is 4.98 Å². The van der Waals surface area contributed by atoms with Crippen molar-refractivity contribution in [3.8, 4) is 0 Å². The van der Waals surface area contributed by atoms with Gasteiger partial charge in [0.25, 0.3) is 0 Å². The van der Waals surface area contributed by atoms with Crippen LogP contribution in [0.25, 0.3) is 0 Å². The molecule has 134 valence electrons. The molecule has 1 N–H and O–H groups in total. The number of aromatic nitrogens is 1. The fourth-order valence-corrected chi connectivity index (χ4v) is 3.31. The third-order valence-electron chi connectivity index (χ3n) is 3.74. The number of carbonyl (C=O) groups is 2. The van der Waals surface area contributed by atoms with Crippen LogP contribution in [0.15, 0.2) is 5.38 Å². The summed E-state index contributed by atoms with van der Waals surface area (Å²) >= 11 is 1.54. The average molecular weight is 363 g/mol. The average Bonchev–Trinajstić information content (AvgIpc) is 2.87. The van der Waals surface area contributed by atoms with Gasteiger partial charge >= 0.3 is 6.18 Å². The van der Waals surface area contributed by atoms with E-state index in [1.54, 1.807) is 11.3 Å². The Kier molecular flexibility index (Phi) is 6.20. The number of nitrogens with zero attached hydrogens (tertiary/aromatic N) is 2. The highest BCUT2D eigenvalue weighted by molar-refractivity contribution is 7.09. The van der Waals surface area contributed by atoms with Gasteiger partial charge in [-0.3, -0.25) is 9.59 Å². The van der Waals surface area contributed by atoms with Gasteiger partial charge in [-0.1, -0.05) is 0 Å². The summed E-state index contributed by atoms with van der Waals surface area (Å²) in [7, 11) is 0. The van der Waals surface area contributed by atoms with E-state index in [0.717, 1.165) is 15.6 Å². The van der Waals surface area contributed by atoms with Crippen molar-refractivity contribution in [3.63, 3.8) is 0 Å². The summed E-state index contributed by atoms with van der Waals surface area (Å²) in [5, 5.41) is 5.46. The minimum atomic E-state index is -4.42. The summed E-state index contributed by atoms with van der Waals surface area (Å²) in [4.78, 5) is 29.0. The Morgan fingerprint density at radius 3 is 2.88 bits per heavy atom. The lowest BCUT2D eigenvalue weighted by molar-refractivity contribution is -0.165. The molecule has 24 heavy (non-hydrogen) atoms. The molecule has 1 atom stereocenters. The maximum absolute atomic E-state index is 12.4. The number of hydrogen-bond donors (Lipinski definition) is 1. The molecular formula is C15H20F3N3O2S. The van der Waals surface area contributed by atoms with Crippen LogP contribution in [0.3, 0.4) is 0 Å². The fraction of sp³-hybridized carbons (Fsp3) is 0.667. The maximum Gasteiger partial charge on any atom is 0.406 e. The summed E-state index contributed by atoms with van der Waals surface area (Å²) in [6.07, 6.45) is -2.12. The van der Waals surface area contributed by atoms with Gasteiger partial charge in [0.2, 0.25) is 11.8 Å². The number of piperidine rings is 1. The quantitative estimate of drug-likeness (QED) is 0.844. The topological polar surface area (TPSA) is 62.3 Å². The Morgan fingerprint density at radius 2 is 2.25 bits per heavy atom. The highest BCUT2D eigenvalue weighted by atomic mass is 32.1. The molecule has 1 fully saturated rings. The van der Waals surface area contributed by atoms with Crippen molar-refractivity contribution >= 4 is 23.2 Å². The van der Waals surface area contributed by atoms with E-state index in [2.05, 4.69) is 10.3 Å². The first-order chi connectivity index (χ1) is 11.2. The minimum absolute atomic E-state index is 0.0773. The Labute approximate surface area is 142 Å². The molecule has 1 aliphatic heterocycles. The molecule has 0 saturated carbocycles. The molecule has 0 aliphatic carbocycles. The molecule has 2 amide bonds. The number of nitrogens with one attached hydrogen (secondary N) is 1. The minimum Gasteiger partial charge on any atom is -0.344 e. The van der Waals surface area contributed by atoms with Gasteiger partial charge in [-0.2, -0.15) is 13.2 Å². The molecule has 0 aromatic carbocycles. The van der Waals surface area contributed by atoms with Crippen LogP contribution < -0.4 is 5.32 Å². The van der Waals surface area contributed by atoms with Gasteiger partial charge in [0.1, 0.15) is 12.6 Å². The molecule has 9 heteroatoms. The summed E-state index contributed by atoms with van der Waals surface area (Å²) in [5.74, 6) is -0.962. The van der Waals surface area contributed by atoms with Crippen LogP contribution in [-0.2, 0) is 16.0 Å². The Hall–Kier alpha value is -1.64. The van der Waals surface area contributed by atoms with Gasteiger partial charge in [0, 0.05) is 18.3 Å². The van der Waals surface area contributed by atoms with Crippen molar-refractivity contribution in [1.29, 1.82) is 0 Å². The van der Waals surface area contributed by atoms with Crippen molar-refractivity contribution in [3.05, 3.63) is 16.1 Å². The Morgan fingerprint density at radius 1 is 1.50 bits per heavy atom. The van der Waals surface area contributed by atoms with Gasteiger partial charge in [-0.05, 0) is 32.6 Å². The van der Waals surface area contributed by atoms with Gasteiger partial charge in [-0.15, -0.1) is 11.3 Å². The van der Waals surface area contributed by atoms with E-state index in [0.29, 0.717) is 25.7 Å². The molecular weight excluding hydrogens is 343 g/mol. The Balaban J connectivity index is 1.77. The number of thiazole rings is 1.